The number of piperidine rings is 2. The Bertz CT molecular complexity index is 3420. The van der Waals surface area contributed by atoms with Crippen LogP contribution < -0.4 is 10.6 Å². The van der Waals surface area contributed by atoms with Crippen molar-refractivity contribution in [2.45, 2.75) is 409 Å². The van der Waals surface area contributed by atoms with Crippen LogP contribution in [0.25, 0.3) is 0 Å². The molecule has 3 N–H and O–H groups in total. The first-order valence-corrected chi connectivity index (χ1v) is 45.9. The van der Waals surface area contributed by atoms with Crippen LogP contribution in [0, 0.1) is 90.7 Å². The predicted octanol–water partition coefficient (Wildman–Crippen LogP) is 15.9. The van der Waals surface area contributed by atoms with E-state index in [1.807, 2.05) is 65.2 Å². The fraction of sp³-hybridized carbons (Fsp3) is 0.883. The molecular weight excluding hydrogens is 1410 g/mol. The number of carbonyl (C=O) groups is 11. The molecule has 112 heavy (non-hydrogen) atoms. The first-order chi connectivity index (χ1) is 52.8. The maximum absolute atomic E-state index is 15.3. The summed E-state index contributed by atoms with van der Waals surface area (Å²) in [4.78, 5) is 165. The normalized spacial score (nSPS) is 29.5. The van der Waals surface area contributed by atoms with E-state index in [2.05, 4.69) is 75.8 Å². The van der Waals surface area contributed by atoms with Gasteiger partial charge in [0, 0.05) is 92.3 Å². The second kappa shape index (κ2) is 35.2. The Morgan fingerprint density at radius 3 is 1.17 bits per heavy atom. The van der Waals surface area contributed by atoms with Gasteiger partial charge >= 0.3 is 0 Å². The molecule has 0 aromatic rings. The zero-order valence-corrected chi connectivity index (χ0v) is 72.7. The van der Waals surface area contributed by atoms with E-state index in [0.29, 0.717) is 63.5 Å². The Morgan fingerprint density at radius 1 is 0.438 bits per heavy atom. The van der Waals surface area contributed by atoms with Gasteiger partial charge in [0.15, 0.2) is 34.7 Å². The molecule has 4 amide bonds. The monoisotopic (exact) mass is 1560 g/mol. The first-order valence-electron chi connectivity index (χ1n) is 45.9. The highest BCUT2D eigenvalue weighted by molar-refractivity contribution is 6.38. The summed E-state index contributed by atoms with van der Waals surface area (Å²) in [6.45, 7) is 36.6. The third-order valence-corrected chi connectivity index (χ3v) is 33.0. The van der Waals surface area contributed by atoms with Crippen LogP contribution in [0.5, 0.6) is 0 Å². The van der Waals surface area contributed by atoms with Gasteiger partial charge in [-0.1, -0.05) is 160 Å². The van der Waals surface area contributed by atoms with E-state index in [1.54, 1.807) is 0 Å². The molecule has 4 spiro atoms. The predicted molar refractivity (Wildman–Crippen MR) is 438 cm³/mol. The van der Waals surface area contributed by atoms with Gasteiger partial charge in [0.2, 0.25) is 29.4 Å². The molecule has 12 rings (SSSR count). The van der Waals surface area contributed by atoms with E-state index in [0.717, 1.165) is 186 Å². The molecule has 12 fully saturated rings. The summed E-state index contributed by atoms with van der Waals surface area (Å²) < 4.78 is 0. The zero-order chi connectivity index (χ0) is 81.6. The smallest absolute Gasteiger partial charge is 0.237 e. The van der Waals surface area contributed by atoms with Gasteiger partial charge in [-0.15, -0.1) is 0 Å². The van der Waals surface area contributed by atoms with Gasteiger partial charge in [-0.3, -0.25) is 62.5 Å². The number of hydrogen-bond donors (Lipinski definition) is 3. The topological polar surface area (TPSA) is 245 Å². The largest absolute Gasteiger partial charge is 0.385 e. The lowest BCUT2D eigenvalue weighted by Crippen LogP contribution is -2.57. The lowest BCUT2D eigenvalue weighted by molar-refractivity contribution is -0.147. The lowest BCUT2D eigenvalue weighted by atomic mass is 9.73. The second-order valence-electron chi connectivity index (χ2n) is 42.7. The van der Waals surface area contributed by atoms with Crippen LogP contribution in [0.15, 0.2) is 0 Å². The van der Waals surface area contributed by atoms with Crippen molar-refractivity contribution in [2.75, 3.05) is 26.2 Å². The molecule has 630 valence electrons. The fourth-order valence-electron chi connectivity index (χ4n) is 25.0. The molecule has 12 aliphatic rings. The molecule has 0 radical (unpaired) electrons. The van der Waals surface area contributed by atoms with E-state index < -0.39 is 70.6 Å². The number of hydrogen-bond acceptors (Lipinski definition) is 14. The molecule has 0 aromatic carbocycles. The quantitative estimate of drug-likeness (QED) is 0.0508. The minimum Gasteiger partial charge on any atom is -0.385 e. The summed E-state index contributed by atoms with van der Waals surface area (Å²) in [5.41, 5.74) is -1.34. The van der Waals surface area contributed by atoms with Crippen molar-refractivity contribution in [1.82, 2.24) is 30.2 Å². The molecular formula is C94H152N6O12. The highest BCUT2D eigenvalue weighted by Crippen LogP contribution is 2.89. The summed E-state index contributed by atoms with van der Waals surface area (Å²) in [6.07, 6.45) is 29.6. The number of fused-ring (bicyclic) bond motifs is 2. The number of likely N-dealkylation sites (tertiary alicyclic amines) is 4. The van der Waals surface area contributed by atoms with Gasteiger partial charge < -0.3 is 25.5 Å². The number of aliphatic hydroxyl groups is 1. The minimum atomic E-state index is -1.16. The molecule has 18 heteroatoms. The van der Waals surface area contributed by atoms with Crippen molar-refractivity contribution < 1.29 is 57.8 Å². The van der Waals surface area contributed by atoms with Crippen LogP contribution in [0.4, 0.5) is 0 Å². The fourth-order valence-corrected chi connectivity index (χ4v) is 25.0. The molecule has 4 heterocycles. The van der Waals surface area contributed by atoms with E-state index >= 15 is 9.59 Å². The number of amides is 4. The number of nitrogens with zero attached hydrogens (tertiary/aromatic N) is 4. The summed E-state index contributed by atoms with van der Waals surface area (Å²) in [6, 6.07) is -2.66. The Kier molecular flexibility index (Phi) is 27.7. The van der Waals surface area contributed by atoms with Crippen molar-refractivity contribution in [3.63, 3.8) is 0 Å². The Balaban J connectivity index is 0.000000221. The van der Waals surface area contributed by atoms with Gasteiger partial charge in [-0.25, -0.2) is 0 Å². The number of carbonyl (C=O) groups excluding carboxylic acids is 11. The van der Waals surface area contributed by atoms with E-state index in [1.165, 1.54) is 0 Å². The van der Waals surface area contributed by atoms with Gasteiger partial charge in [0.1, 0.15) is 6.10 Å². The Hall–Kier alpha value is -4.55. The number of nitrogens with one attached hydrogen (secondary N) is 2. The molecule has 1 unspecified atom stereocenters. The number of Topliss-reactive ketones (excluding diaryl/α,β-unsaturated/α-hetero) is 7. The number of aliphatic hydroxyl groups excluding tert-OH is 1. The minimum absolute atomic E-state index is 0.00784. The van der Waals surface area contributed by atoms with Crippen LogP contribution in [-0.4, -0.2) is 169 Å². The molecule has 0 bridgehead atoms. The third kappa shape index (κ3) is 17.6. The molecule has 8 saturated carbocycles. The van der Waals surface area contributed by atoms with Crippen molar-refractivity contribution in [2.24, 2.45) is 90.7 Å². The van der Waals surface area contributed by atoms with Crippen LogP contribution in [0.1, 0.15) is 355 Å². The van der Waals surface area contributed by atoms with Crippen LogP contribution in [0.3, 0.4) is 0 Å². The maximum atomic E-state index is 15.3. The second-order valence-corrected chi connectivity index (χ2v) is 42.7. The standard InChI is InChI=1S/C47H77N3O6.C47H75N3O6/c2*1-9-16-33(41(54)39(53)25-31-20-21-31)26-37(51)36-28-47(45(7,8)46(47)22-15-23-46)29-50(36)43(56)34(44(4,5)6)27-38(52)40(32-17-11-10-12-18-32)48-42(55)35-19-13-14-24-49(35)30(2)3/h30-36,40-41,54H,9-29H2,1-8H3,(H,48,55);30-36,40H,9-29H2,1-8H3,(H,48,55)/t33-,34-,35+,36+,40+,41?,47-;33-,34-,35+,36+,40+,47-/m11/s1. The summed E-state index contributed by atoms with van der Waals surface area (Å²) in [7, 11) is 0. The van der Waals surface area contributed by atoms with E-state index in [4.69, 9.17) is 0 Å². The van der Waals surface area contributed by atoms with Gasteiger partial charge in [0.25, 0.3) is 0 Å². The highest BCUT2D eigenvalue weighted by atomic mass is 16.3. The van der Waals surface area contributed by atoms with E-state index in [-0.39, 0.29) is 159 Å². The van der Waals surface area contributed by atoms with Crippen molar-refractivity contribution in [3.8, 4) is 0 Å². The molecule has 13 atom stereocenters. The van der Waals surface area contributed by atoms with Gasteiger partial charge in [-0.05, 0) is 231 Å². The van der Waals surface area contributed by atoms with Crippen LogP contribution >= 0.6 is 0 Å². The molecule has 4 aliphatic heterocycles. The highest BCUT2D eigenvalue weighted by Gasteiger charge is 2.86. The molecule has 0 aromatic heterocycles. The zero-order valence-electron chi connectivity index (χ0n) is 72.7. The van der Waals surface area contributed by atoms with Crippen LogP contribution in [-0.2, 0) is 52.7 Å². The molecule has 4 saturated heterocycles. The number of rotatable bonds is 34. The van der Waals surface area contributed by atoms with E-state index in [9.17, 15) is 48.3 Å². The summed E-state index contributed by atoms with van der Waals surface area (Å²) in [5, 5.41) is 17.9. The average molecular weight is 1560 g/mol. The van der Waals surface area contributed by atoms with Crippen molar-refractivity contribution in [3.05, 3.63) is 0 Å². The number of ketones is 7. The average Bonchev–Trinajstić information content (AvgIpc) is 1.46. The summed E-state index contributed by atoms with van der Waals surface area (Å²) in [5.74, 6) is -3.39. The third-order valence-electron chi connectivity index (χ3n) is 33.0. The van der Waals surface area contributed by atoms with Crippen molar-refractivity contribution in [1.29, 1.82) is 0 Å². The first kappa shape index (κ1) is 88.3. The van der Waals surface area contributed by atoms with Gasteiger partial charge in [0.05, 0.1) is 36.3 Å². The van der Waals surface area contributed by atoms with Crippen molar-refractivity contribution >= 4 is 64.1 Å². The Morgan fingerprint density at radius 2 is 0.821 bits per heavy atom. The summed E-state index contributed by atoms with van der Waals surface area (Å²) >= 11 is 0. The Labute approximate surface area is 674 Å². The van der Waals surface area contributed by atoms with Gasteiger partial charge in [-0.2, -0.15) is 0 Å². The molecule has 18 nitrogen and oxygen atoms in total. The molecule has 8 aliphatic carbocycles. The SMILES string of the molecule is CCC[C@H](CC(=O)[C@@H]1C[C@@]2(CN1C(=O)[C@@H](CC(=O)[C@@H](NC(=O)[C@@H]1CCCCN1C(C)C)C1CCCCC1)C(C)(C)C)C(C)(C)C21CCC1)C(=O)C(=O)CC1CC1.CCC[C@H](CC(=O)[C@@H]1C[C@@]2(CN1C(=O)[C@@H](CC(=O)[C@@H](NC(=O)[C@@H]1CCCCN1C(C)C)C1CCCCC1)C(C)(C)C)C(C)(C)C21CCC1)C(O)C(=O)CC1CC1. The maximum Gasteiger partial charge on any atom is 0.237 e. The lowest BCUT2D eigenvalue weighted by Gasteiger charge is -2.40. The van der Waals surface area contributed by atoms with Crippen LogP contribution in [0.2, 0.25) is 0 Å².